The molecule has 1 fully saturated rings. The molecule has 4 nitrogen and oxygen atoms in total. The number of fused-ring (bicyclic) bond motifs is 1. The first-order valence-electron chi connectivity index (χ1n) is 9.65. The molecule has 27 heavy (non-hydrogen) atoms. The number of hydrogen-bond donors (Lipinski definition) is 1. The Bertz CT molecular complexity index is 931. The highest BCUT2D eigenvalue weighted by atomic mass is 16.5. The molecular formula is C23H25N3O. The van der Waals surface area contributed by atoms with Crippen molar-refractivity contribution >= 4 is 28.7 Å². The summed E-state index contributed by atoms with van der Waals surface area (Å²) >= 11 is 0. The normalized spacial score (nSPS) is 15.3. The highest BCUT2D eigenvalue weighted by Gasteiger charge is 2.15. The van der Waals surface area contributed by atoms with Crippen LogP contribution in [-0.4, -0.2) is 23.1 Å². The van der Waals surface area contributed by atoms with Crippen LogP contribution in [0.4, 0.5) is 5.69 Å². The molecule has 0 amide bonds. The second kappa shape index (κ2) is 8.21. The Labute approximate surface area is 160 Å². The van der Waals surface area contributed by atoms with E-state index in [-0.39, 0.29) is 0 Å². The third-order valence-corrected chi connectivity index (χ3v) is 5.15. The fraction of sp³-hybridized carbons (Fsp3) is 0.304. The Balaban J connectivity index is 1.70. The molecule has 0 saturated heterocycles. The van der Waals surface area contributed by atoms with Gasteiger partial charge < -0.3 is 10.1 Å². The highest BCUT2D eigenvalue weighted by Crippen LogP contribution is 2.30. The summed E-state index contributed by atoms with van der Waals surface area (Å²) in [5, 5.41) is 4.89. The number of pyridine rings is 2. The SMILES string of the molecule is COc1ccc2nc(/C=C/c3ccncc3)cc(NC3CCCCC3)c2c1. The van der Waals surface area contributed by atoms with Crippen LogP contribution in [0.25, 0.3) is 23.1 Å². The number of benzene rings is 1. The predicted octanol–water partition coefficient (Wildman–Crippen LogP) is 5.55. The van der Waals surface area contributed by atoms with Gasteiger partial charge in [0, 0.05) is 29.5 Å². The van der Waals surface area contributed by atoms with Crippen LogP contribution in [0, 0.1) is 0 Å². The average molecular weight is 359 g/mol. The van der Waals surface area contributed by atoms with Crippen LogP contribution in [0.15, 0.2) is 48.8 Å². The van der Waals surface area contributed by atoms with Crippen molar-refractivity contribution in [3.8, 4) is 5.75 Å². The second-order valence-electron chi connectivity index (χ2n) is 7.07. The van der Waals surface area contributed by atoms with E-state index >= 15 is 0 Å². The molecule has 0 atom stereocenters. The van der Waals surface area contributed by atoms with Crippen molar-refractivity contribution in [2.45, 2.75) is 38.1 Å². The number of hydrogen-bond acceptors (Lipinski definition) is 4. The number of ether oxygens (including phenoxy) is 1. The fourth-order valence-electron chi connectivity index (χ4n) is 3.68. The van der Waals surface area contributed by atoms with Crippen LogP contribution in [0.5, 0.6) is 5.75 Å². The lowest BCUT2D eigenvalue weighted by molar-refractivity contribution is 0.415. The van der Waals surface area contributed by atoms with E-state index in [1.807, 2.05) is 24.3 Å². The van der Waals surface area contributed by atoms with Crippen LogP contribution in [0.3, 0.4) is 0 Å². The topological polar surface area (TPSA) is 47.0 Å². The minimum absolute atomic E-state index is 0.535. The predicted molar refractivity (Wildman–Crippen MR) is 112 cm³/mol. The van der Waals surface area contributed by atoms with Gasteiger partial charge in [-0.3, -0.25) is 4.98 Å². The smallest absolute Gasteiger partial charge is 0.119 e. The van der Waals surface area contributed by atoms with E-state index in [2.05, 4.69) is 34.6 Å². The van der Waals surface area contributed by atoms with Gasteiger partial charge in [-0.15, -0.1) is 0 Å². The summed E-state index contributed by atoms with van der Waals surface area (Å²) < 4.78 is 5.43. The van der Waals surface area contributed by atoms with Gasteiger partial charge in [0.25, 0.3) is 0 Å². The summed E-state index contributed by atoms with van der Waals surface area (Å²) in [6.07, 6.45) is 14.2. The summed E-state index contributed by atoms with van der Waals surface area (Å²) in [4.78, 5) is 8.89. The minimum atomic E-state index is 0.535. The van der Waals surface area contributed by atoms with Crippen molar-refractivity contribution in [3.05, 3.63) is 60.0 Å². The number of methoxy groups -OCH3 is 1. The van der Waals surface area contributed by atoms with Crippen molar-refractivity contribution < 1.29 is 4.74 Å². The number of anilines is 1. The number of aromatic nitrogens is 2. The van der Waals surface area contributed by atoms with Crippen LogP contribution in [-0.2, 0) is 0 Å². The molecule has 0 radical (unpaired) electrons. The molecule has 1 saturated carbocycles. The molecule has 1 aliphatic carbocycles. The molecule has 2 aromatic heterocycles. The first kappa shape index (κ1) is 17.5. The summed E-state index contributed by atoms with van der Waals surface area (Å²) in [5.41, 5.74) is 4.18. The Morgan fingerprint density at radius 1 is 1.00 bits per heavy atom. The Morgan fingerprint density at radius 2 is 1.81 bits per heavy atom. The lowest BCUT2D eigenvalue weighted by Gasteiger charge is -2.25. The van der Waals surface area contributed by atoms with Gasteiger partial charge in [0.1, 0.15) is 5.75 Å². The van der Waals surface area contributed by atoms with Crippen molar-refractivity contribution in [2.24, 2.45) is 0 Å². The van der Waals surface area contributed by atoms with Crippen molar-refractivity contribution in [1.82, 2.24) is 9.97 Å². The Morgan fingerprint density at radius 3 is 2.59 bits per heavy atom. The van der Waals surface area contributed by atoms with Crippen molar-refractivity contribution in [3.63, 3.8) is 0 Å². The maximum atomic E-state index is 5.43. The van der Waals surface area contributed by atoms with Gasteiger partial charge in [-0.25, -0.2) is 4.98 Å². The van der Waals surface area contributed by atoms with Gasteiger partial charge >= 0.3 is 0 Å². The first-order chi connectivity index (χ1) is 13.3. The summed E-state index contributed by atoms with van der Waals surface area (Å²) in [7, 11) is 1.70. The Hall–Kier alpha value is -2.88. The molecule has 138 valence electrons. The summed E-state index contributed by atoms with van der Waals surface area (Å²) in [5.74, 6) is 0.857. The van der Waals surface area contributed by atoms with E-state index < -0.39 is 0 Å². The summed E-state index contributed by atoms with van der Waals surface area (Å²) in [6.45, 7) is 0. The zero-order valence-electron chi connectivity index (χ0n) is 15.7. The van der Waals surface area contributed by atoms with Gasteiger partial charge in [0.2, 0.25) is 0 Å². The highest BCUT2D eigenvalue weighted by molar-refractivity contribution is 5.94. The van der Waals surface area contributed by atoms with Crippen LogP contribution >= 0.6 is 0 Å². The van der Waals surface area contributed by atoms with E-state index in [9.17, 15) is 0 Å². The van der Waals surface area contributed by atoms with Crippen molar-refractivity contribution in [1.29, 1.82) is 0 Å². The fourth-order valence-corrected chi connectivity index (χ4v) is 3.68. The van der Waals surface area contributed by atoms with E-state index in [0.717, 1.165) is 33.6 Å². The third kappa shape index (κ3) is 4.27. The Kier molecular flexibility index (Phi) is 5.33. The zero-order chi connectivity index (χ0) is 18.5. The zero-order valence-corrected chi connectivity index (χ0v) is 15.7. The second-order valence-corrected chi connectivity index (χ2v) is 7.07. The minimum Gasteiger partial charge on any atom is -0.497 e. The number of nitrogens with one attached hydrogen (secondary N) is 1. The molecule has 0 unspecified atom stereocenters. The monoisotopic (exact) mass is 359 g/mol. The van der Waals surface area contributed by atoms with Gasteiger partial charge in [0.15, 0.2) is 0 Å². The molecule has 4 rings (SSSR count). The lowest BCUT2D eigenvalue weighted by atomic mass is 9.95. The van der Waals surface area contributed by atoms with Crippen LogP contribution in [0.2, 0.25) is 0 Å². The maximum absolute atomic E-state index is 5.43. The molecule has 1 aromatic carbocycles. The number of nitrogens with zero attached hydrogens (tertiary/aromatic N) is 2. The lowest BCUT2D eigenvalue weighted by Crippen LogP contribution is -2.22. The molecule has 3 aromatic rings. The molecule has 0 aliphatic heterocycles. The largest absolute Gasteiger partial charge is 0.497 e. The summed E-state index contributed by atoms with van der Waals surface area (Å²) in [6, 6.07) is 12.7. The maximum Gasteiger partial charge on any atom is 0.119 e. The van der Waals surface area contributed by atoms with E-state index in [1.165, 1.54) is 32.1 Å². The van der Waals surface area contributed by atoms with E-state index in [1.54, 1.807) is 19.5 Å². The third-order valence-electron chi connectivity index (χ3n) is 5.15. The van der Waals surface area contributed by atoms with Gasteiger partial charge in [0.05, 0.1) is 18.3 Å². The molecule has 0 spiro atoms. The van der Waals surface area contributed by atoms with Crippen molar-refractivity contribution in [2.75, 3.05) is 12.4 Å². The molecule has 4 heteroatoms. The van der Waals surface area contributed by atoms with Gasteiger partial charge in [-0.05, 0) is 60.9 Å². The standard InChI is InChI=1S/C23H25N3O/c1-27-20-9-10-22-21(16-20)23(25-18-5-3-2-4-6-18)15-19(26-22)8-7-17-11-13-24-14-12-17/h7-16,18H,2-6H2,1H3,(H,25,26)/b8-7+. The van der Waals surface area contributed by atoms with E-state index in [0.29, 0.717) is 6.04 Å². The molecule has 0 bridgehead atoms. The van der Waals surface area contributed by atoms with Crippen LogP contribution in [0.1, 0.15) is 43.4 Å². The molecule has 1 aliphatic rings. The number of rotatable bonds is 5. The average Bonchev–Trinajstić information content (AvgIpc) is 2.73. The molecular weight excluding hydrogens is 334 g/mol. The van der Waals surface area contributed by atoms with E-state index in [4.69, 9.17) is 9.72 Å². The van der Waals surface area contributed by atoms with Crippen LogP contribution < -0.4 is 10.1 Å². The molecule has 1 N–H and O–H groups in total. The quantitative estimate of drug-likeness (QED) is 0.648. The first-order valence-corrected chi connectivity index (χ1v) is 9.65. The van der Waals surface area contributed by atoms with Gasteiger partial charge in [-0.1, -0.05) is 25.3 Å². The molecule has 2 heterocycles. The van der Waals surface area contributed by atoms with Gasteiger partial charge in [-0.2, -0.15) is 0 Å².